The maximum Gasteiger partial charge on any atom is 0.242 e. The van der Waals surface area contributed by atoms with Crippen molar-refractivity contribution in [3.8, 4) is 6.07 Å². The van der Waals surface area contributed by atoms with Gasteiger partial charge >= 0.3 is 0 Å². The van der Waals surface area contributed by atoms with Gasteiger partial charge in [-0.15, -0.1) is 0 Å². The second-order valence-corrected chi connectivity index (χ2v) is 8.99. The Balaban J connectivity index is 1.23. The summed E-state index contributed by atoms with van der Waals surface area (Å²) < 4.78 is 0. The average Bonchev–Trinajstić information content (AvgIpc) is 3.07. The highest BCUT2D eigenvalue weighted by atomic mass is 16.2. The Morgan fingerprint density at radius 1 is 1.28 bits per heavy atom. The van der Waals surface area contributed by atoms with Crippen LogP contribution in [-0.4, -0.2) is 69.8 Å². The van der Waals surface area contributed by atoms with Crippen molar-refractivity contribution in [1.82, 2.24) is 14.7 Å². The molecule has 3 aliphatic heterocycles. The van der Waals surface area contributed by atoms with Crippen LogP contribution in [0.25, 0.3) is 0 Å². The summed E-state index contributed by atoms with van der Waals surface area (Å²) in [6.07, 6.45) is 2.57. The molecule has 1 aromatic rings. The Hall–Kier alpha value is -2.43. The maximum atomic E-state index is 13.1. The van der Waals surface area contributed by atoms with E-state index >= 15 is 0 Å². The number of rotatable bonds is 5. The van der Waals surface area contributed by atoms with Gasteiger partial charge in [-0.1, -0.05) is 30.3 Å². The fourth-order valence-electron chi connectivity index (χ4n) is 5.70. The molecule has 7 nitrogen and oxygen atoms in total. The number of hydrogen-bond acceptors (Lipinski definition) is 5. The lowest BCUT2D eigenvalue weighted by molar-refractivity contribution is -0.141. The van der Waals surface area contributed by atoms with E-state index in [0.717, 1.165) is 31.4 Å². The number of piperazine rings is 1. The van der Waals surface area contributed by atoms with E-state index in [2.05, 4.69) is 30.0 Å². The van der Waals surface area contributed by atoms with Crippen LogP contribution in [0, 0.1) is 17.2 Å². The van der Waals surface area contributed by atoms with Gasteiger partial charge in [0.05, 0.1) is 24.2 Å². The molecule has 5 rings (SSSR count). The van der Waals surface area contributed by atoms with Gasteiger partial charge in [0.15, 0.2) is 0 Å². The van der Waals surface area contributed by atoms with E-state index in [9.17, 15) is 14.9 Å². The molecule has 7 atom stereocenters. The summed E-state index contributed by atoms with van der Waals surface area (Å²) in [5.74, 6) is 0.482. The Morgan fingerprint density at radius 3 is 2.72 bits per heavy atom. The highest BCUT2D eigenvalue weighted by Crippen LogP contribution is 2.48. The number of nitrogens with zero attached hydrogens (tertiary/aromatic N) is 4. The van der Waals surface area contributed by atoms with E-state index in [1.54, 1.807) is 4.90 Å². The van der Waals surface area contributed by atoms with Crippen LogP contribution < -0.4 is 5.73 Å². The number of carbonyl (C=O) groups excluding carboxylic acids is 2. The van der Waals surface area contributed by atoms with Crippen LogP contribution in [0.15, 0.2) is 30.3 Å². The van der Waals surface area contributed by atoms with Gasteiger partial charge in [-0.25, -0.2) is 0 Å². The molecule has 29 heavy (non-hydrogen) atoms. The third kappa shape index (κ3) is 2.93. The summed E-state index contributed by atoms with van der Waals surface area (Å²) >= 11 is 0. The fourth-order valence-corrected chi connectivity index (χ4v) is 5.70. The van der Waals surface area contributed by atoms with E-state index in [4.69, 9.17) is 5.73 Å². The molecule has 1 saturated carbocycles. The first kappa shape index (κ1) is 18.6. The number of benzene rings is 1. The van der Waals surface area contributed by atoms with Crippen molar-refractivity contribution in [2.24, 2.45) is 11.7 Å². The standard InChI is InChI=1S/C22H27N5O2/c1-13(14-5-3-2-4-6-14)26-17-9-20(22(26)29)25(11-17)12-18(24)21(28)27-16(10-23)7-15-8-19(15)27/h2-6,13,15-20H,7-9,11-12,24H2,1H3/t13-,15-,16+,17?,18+,19+,20+/m1/s1. The van der Waals surface area contributed by atoms with Gasteiger partial charge in [0.2, 0.25) is 11.8 Å². The molecule has 4 aliphatic rings. The monoisotopic (exact) mass is 393 g/mol. The number of amides is 2. The predicted octanol–water partition coefficient (Wildman–Crippen LogP) is 0.873. The number of carbonyl (C=O) groups is 2. The van der Waals surface area contributed by atoms with Crippen LogP contribution in [0.5, 0.6) is 0 Å². The van der Waals surface area contributed by atoms with Crippen LogP contribution in [-0.2, 0) is 9.59 Å². The lowest BCUT2D eigenvalue weighted by Crippen LogP contribution is -2.57. The molecule has 1 aliphatic carbocycles. The molecule has 3 heterocycles. The Morgan fingerprint density at radius 2 is 2.03 bits per heavy atom. The second kappa shape index (κ2) is 6.82. The van der Waals surface area contributed by atoms with Gasteiger partial charge in [0.25, 0.3) is 0 Å². The minimum absolute atomic E-state index is 0.0453. The van der Waals surface area contributed by atoms with E-state index in [0.29, 0.717) is 12.5 Å². The van der Waals surface area contributed by atoms with Crippen LogP contribution >= 0.6 is 0 Å². The van der Waals surface area contributed by atoms with Gasteiger partial charge in [0.1, 0.15) is 6.04 Å². The second-order valence-electron chi connectivity index (χ2n) is 8.99. The third-order valence-electron chi connectivity index (χ3n) is 7.27. The summed E-state index contributed by atoms with van der Waals surface area (Å²) in [4.78, 5) is 31.8. The van der Waals surface area contributed by atoms with E-state index in [-0.39, 0.29) is 42.0 Å². The zero-order chi connectivity index (χ0) is 20.3. The third-order valence-corrected chi connectivity index (χ3v) is 7.27. The molecule has 0 spiro atoms. The van der Waals surface area contributed by atoms with Crippen molar-refractivity contribution < 1.29 is 9.59 Å². The molecule has 0 aromatic heterocycles. The smallest absolute Gasteiger partial charge is 0.242 e. The van der Waals surface area contributed by atoms with Gasteiger partial charge in [-0.3, -0.25) is 14.5 Å². The molecule has 0 radical (unpaired) electrons. The molecule has 2 bridgehead atoms. The van der Waals surface area contributed by atoms with Gasteiger partial charge in [-0.05, 0) is 37.7 Å². The Kier molecular flexibility index (Phi) is 4.37. The quantitative estimate of drug-likeness (QED) is 0.801. The Bertz CT molecular complexity index is 868. The molecule has 1 aromatic carbocycles. The number of fused-ring (bicyclic) bond motifs is 3. The number of nitriles is 1. The molecule has 7 heteroatoms. The van der Waals surface area contributed by atoms with Gasteiger partial charge < -0.3 is 15.5 Å². The van der Waals surface area contributed by atoms with E-state index in [1.807, 2.05) is 23.1 Å². The van der Waals surface area contributed by atoms with Crippen LogP contribution in [0.3, 0.4) is 0 Å². The minimum Gasteiger partial charge on any atom is -0.330 e. The molecule has 4 fully saturated rings. The first-order chi connectivity index (χ1) is 14.0. The lowest BCUT2D eigenvalue weighted by Gasteiger charge is -2.38. The lowest BCUT2D eigenvalue weighted by atomic mass is 10.1. The largest absolute Gasteiger partial charge is 0.330 e. The summed E-state index contributed by atoms with van der Waals surface area (Å²) in [6.45, 7) is 3.21. The molecular formula is C22H27N5O2. The SMILES string of the molecule is C[C@H](c1ccccc1)N1C(=O)[C@@H]2CC1CN2C[C@H](N)C(=O)N1[C@H](C#N)C[C@@H]2C[C@@H]21. The molecule has 3 saturated heterocycles. The minimum atomic E-state index is -0.683. The highest BCUT2D eigenvalue weighted by molar-refractivity contribution is 5.87. The zero-order valence-electron chi connectivity index (χ0n) is 16.6. The van der Waals surface area contributed by atoms with Crippen molar-refractivity contribution in [3.05, 3.63) is 35.9 Å². The van der Waals surface area contributed by atoms with Crippen LogP contribution in [0.4, 0.5) is 0 Å². The van der Waals surface area contributed by atoms with Gasteiger partial charge in [0, 0.05) is 25.2 Å². The zero-order valence-corrected chi connectivity index (χ0v) is 16.6. The predicted molar refractivity (Wildman–Crippen MR) is 106 cm³/mol. The van der Waals surface area contributed by atoms with Crippen molar-refractivity contribution in [1.29, 1.82) is 5.26 Å². The number of hydrogen-bond donors (Lipinski definition) is 1. The Labute approximate surface area is 171 Å². The van der Waals surface area contributed by atoms with Gasteiger partial charge in [-0.2, -0.15) is 5.26 Å². The fraction of sp³-hybridized carbons (Fsp3) is 0.591. The number of piperidine rings is 1. The van der Waals surface area contributed by atoms with Crippen LogP contribution in [0.2, 0.25) is 0 Å². The average molecular weight is 393 g/mol. The molecular weight excluding hydrogens is 366 g/mol. The normalized spacial score (nSPS) is 34.8. The van der Waals surface area contributed by atoms with Crippen LogP contribution in [0.1, 0.15) is 37.8 Å². The highest BCUT2D eigenvalue weighted by Gasteiger charge is 2.56. The van der Waals surface area contributed by atoms with Crippen molar-refractivity contribution in [2.45, 2.75) is 62.4 Å². The molecule has 152 valence electrons. The van der Waals surface area contributed by atoms with E-state index in [1.165, 1.54) is 0 Å². The number of likely N-dealkylation sites (tertiary alicyclic amines) is 3. The summed E-state index contributed by atoms with van der Waals surface area (Å²) in [5.41, 5.74) is 7.41. The molecule has 2 N–H and O–H groups in total. The summed E-state index contributed by atoms with van der Waals surface area (Å²) in [6, 6.07) is 11.5. The first-order valence-corrected chi connectivity index (χ1v) is 10.6. The molecule has 1 unspecified atom stereocenters. The van der Waals surface area contributed by atoms with E-state index < -0.39 is 6.04 Å². The first-order valence-electron chi connectivity index (χ1n) is 10.6. The van der Waals surface area contributed by atoms with Crippen molar-refractivity contribution in [3.63, 3.8) is 0 Å². The number of nitrogens with two attached hydrogens (primary N) is 1. The van der Waals surface area contributed by atoms with Crippen molar-refractivity contribution >= 4 is 11.8 Å². The maximum absolute atomic E-state index is 13.1. The molecule has 2 amide bonds. The topological polar surface area (TPSA) is 93.7 Å². The summed E-state index contributed by atoms with van der Waals surface area (Å²) in [7, 11) is 0. The summed E-state index contributed by atoms with van der Waals surface area (Å²) in [5, 5.41) is 9.34. The van der Waals surface area contributed by atoms with Crippen molar-refractivity contribution in [2.75, 3.05) is 13.1 Å².